The molecule has 0 aromatic heterocycles. The monoisotopic (exact) mass is 382 g/mol. The molecular formula is C23H30N2O3. The third-order valence-corrected chi connectivity index (χ3v) is 5.31. The number of nitrogens with zero attached hydrogens (tertiary/aromatic N) is 2. The van der Waals surface area contributed by atoms with E-state index in [0.717, 1.165) is 32.7 Å². The summed E-state index contributed by atoms with van der Waals surface area (Å²) in [7, 11) is 3.19. The van der Waals surface area contributed by atoms with Gasteiger partial charge in [0.15, 0.2) is 0 Å². The molecule has 1 saturated heterocycles. The van der Waals surface area contributed by atoms with Crippen LogP contribution in [0.4, 0.5) is 0 Å². The molecule has 5 heteroatoms. The summed E-state index contributed by atoms with van der Waals surface area (Å²) in [5.41, 5.74) is 3.29. The average molecular weight is 383 g/mol. The molecule has 0 unspecified atom stereocenters. The molecular weight excluding hydrogens is 352 g/mol. The fourth-order valence-corrected chi connectivity index (χ4v) is 3.49. The lowest BCUT2D eigenvalue weighted by Gasteiger charge is -2.35. The van der Waals surface area contributed by atoms with Gasteiger partial charge >= 0.3 is 0 Å². The molecule has 0 spiro atoms. The number of ether oxygens (including phenoxy) is 2. The smallest absolute Gasteiger partial charge is 0.254 e. The number of benzene rings is 2. The first kappa shape index (κ1) is 20.2. The lowest BCUT2D eigenvalue weighted by molar-refractivity contribution is 0.0627. The van der Waals surface area contributed by atoms with Crippen LogP contribution in [0.15, 0.2) is 42.5 Å². The van der Waals surface area contributed by atoms with Crippen molar-refractivity contribution in [2.24, 2.45) is 0 Å². The molecule has 5 nitrogen and oxygen atoms in total. The van der Waals surface area contributed by atoms with E-state index in [4.69, 9.17) is 9.47 Å². The van der Waals surface area contributed by atoms with Crippen molar-refractivity contribution in [3.8, 4) is 11.5 Å². The molecule has 1 aliphatic heterocycles. The summed E-state index contributed by atoms with van der Waals surface area (Å²) in [6, 6.07) is 14.2. The molecule has 150 valence electrons. The van der Waals surface area contributed by atoms with Crippen LogP contribution in [0.3, 0.4) is 0 Å². The number of carbonyl (C=O) groups excluding carboxylic acids is 1. The topological polar surface area (TPSA) is 42.0 Å². The van der Waals surface area contributed by atoms with E-state index in [0.29, 0.717) is 23.0 Å². The van der Waals surface area contributed by atoms with Gasteiger partial charge in [-0.3, -0.25) is 9.69 Å². The highest BCUT2D eigenvalue weighted by Gasteiger charge is 2.23. The molecule has 0 aliphatic carbocycles. The van der Waals surface area contributed by atoms with E-state index in [-0.39, 0.29) is 5.91 Å². The molecule has 2 aromatic carbocycles. The first-order valence-electron chi connectivity index (χ1n) is 9.83. The molecule has 0 radical (unpaired) electrons. The van der Waals surface area contributed by atoms with Gasteiger partial charge in [-0.2, -0.15) is 0 Å². The van der Waals surface area contributed by atoms with Gasteiger partial charge in [-0.05, 0) is 29.2 Å². The van der Waals surface area contributed by atoms with Gasteiger partial charge < -0.3 is 14.4 Å². The van der Waals surface area contributed by atoms with Gasteiger partial charge in [-0.15, -0.1) is 0 Å². The second-order valence-corrected chi connectivity index (χ2v) is 7.57. The minimum absolute atomic E-state index is 0.0261. The Hall–Kier alpha value is -2.53. The van der Waals surface area contributed by atoms with Gasteiger partial charge in [-0.1, -0.05) is 38.1 Å². The Labute approximate surface area is 167 Å². The average Bonchev–Trinajstić information content (AvgIpc) is 2.73. The predicted molar refractivity (Wildman–Crippen MR) is 111 cm³/mol. The Kier molecular flexibility index (Phi) is 6.57. The second kappa shape index (κ2) is 9.11. The Morgan fingerprint density at radius 2 is 1.50 bits per heavy atom. The van der Waals surface area contributed by atoms with Crippen molar-refractivity contribution in [1.82, 2.24) is 9.80 Å². The van der Waals surface area contributed by atoms with E-state index < -0.39 is 0 Å². The van der Waals surface area contributed by atoms with E-state index in [1.165, 1.54) is 11.1 Å². The summed E-state index contributed by atoms with van der Waals surface area (Å²) < 4.78 is 10.6. The van der Waals surface area contributed by atoms with Gasteiger partial charge in [0.05, 0.1) is 14.2 Å². The number of hydrogen-bond donors (Lipinski definition) is 0. The summed E-state index contributed by atoms with van der Waals surface area (Å²) >= 11 is 0. The summed E-state index contributed by atoms with van der Waals surface area (Å²) in [6.07, 6.45) is 0. The van der Waals surface area contributed by atoms with Crippen LogP contribution in [-0.2, 0) is 6.54 Å². The second-order valence-electron chi connectivity index (χ2n) is 7.57. The molecule has 0 N–H and O–H groups in total. The lowest BCUT2D eigenvalue weighted by atomic mass is 10.0. The van der Waals surface area contributed by atoms with Crippen molar-refractivity contribution in [3.05, 3.63) is 59.2 Å². The van der Waals surface area contributed by atoms with Crippen molar-refractivity contribution in [3.63, 3.8) is 0 Å². The zero-order valence-electron chi connectivity index (χ0n) is 17.3. The number of carbonyl (C=O) groups is 1. The van der Waals surface area contributed by atoms with E-state index in [1.54, 1.807) is 32.4 Å². The van der Waals surface area contributed by atoms with Crippen LogP contribution < -0.4 is 9.47 Å². The van der Waals surface area contributed by atoms with E-state index in [9.17, 15) is 4.79 Å². The van der Waals surface area contributed by atoms with Crippen LogP contribution in [0.5, 0.6) is 11.5 Å². The van der Waals surface area contributed by atoms with Crippen LogP contribution in [-0.4, -0.2) is 56.1 Å². The maximum absolute atomic E-state index is 12.9. The van der Waals surface area contributed by atoms with Crippen molar-refractivity contribution >= 4 is 5.91 Å². The largest absolute Gasteiger partial charge is 0.497 e. The molecule has 3 rings (SSSR count). The highest BCUT2D eigenvalue weighted by molar-refractivity contribution is 5.95. The third kappa shape index (κ3) is 4.84. The number of amides is 1. The maximum atomic E-state index is 12.9. The standard InChI is InChI=1S/C23H30N2O3/c1-17(2)19-7-5-18(6-8-19)16-24-9-11-25(12-10-24)23(26)20-13-21(27-3)15-22(14-20)28-4/h5-8,13-15,17H,9-12,16H2,1-4H3. The Morgan fingerprint density at radius 3 is 2.00 bits per heavy atom. The fourth-order valence-electron chi connectivity index (χ4n) is 3.49. The summed E-state index contributed by atoms with van der Waals surface area (Å²) in [5.74, 6) is 1.84. The molecule has 1 aliphatic rings. The first-order valence-corrected chi connectivity index (χ1v) is 9.83. The Bertz CT molecular complexity index is 772. The highest BCUT2D eigenvalue weighted by atomic mass is 16.5. The van der Waals surface area contributed by atoms with Crippen molar-refractivity contribution in [1.29, 1.82) is 0 Å². The zero-order chi connectivity index (χ0) is 20.1. The van der Waals surface area contributed by atoms with Crippen LogP contribution in [0.25, 0.3) is 0 Å². The molecule has 1 amide bonds. The minimum Gasteiger partial charge on any atom is -0.497 e. The Balaban J connectivity index is 1.58. The normalized spacial score (nSPS) is 15.0. The number of rotatable bonds is 6. The molecule has 28 heavy (non-hydrogen) atoms. The van der Waals surface area contributed by atoms with Gasteiger partial charge in [0, 0.05) is 44.4 Å². The van der Waals surface area contributed by atoms with E-state index in [2.05, 4.69) is 43.0 Å². The minimum atomic E-state index is 0.0261. The van der Waals surface area contributed by atoms with E-state index >= 15 is 0 Å². The van der Waals surface area contributed by atoms with Gasteiger partial charge in [-0.25, -0.2) is 0 Å². The van der Waals surface area contributed by atoms with Gasteiger partial charge in [0.25, 0.3) is 5.91 Å². The summed E-state index contributed by atoms with van der Waals surface area (Å²) in [5, 5.41) is 0. The van der Waals surface area contributed by atoms with Gasteiger partial charge in [0.1, 0.15) is 11.5 Å². The van der Waals surface area contributed by atoms with Crippen LogP contribution in [0.1, 0.15) is 41.3 Å². The van der Waals surface area contributed by atoms with Crippen LogP contribution in [0.2, 0.25) is 0 Å². The van der Waals surface area contributed by atoms with Gasteiger partial charge in [0.2, 0.25) is 0 Å². The third-order valence-electron chi connectivity index (χ3n) is 5.31. The summed E-state index contributed by atoms with van der Waals surface area (Å²) in [4.78, 5) is 17.2. The van der Waals surface area contributed by atoms with Crippen LogP contribution in [0, 0.1) is 0 Å². The van der Waals surface area contributed by atoms with Crippen LogP contribution >= 0.6 is 0 Å². The molecule has 0 atom stereocenters. The number of piperazine rings is 1. The Morgan fingerprint density at radius 1 is 0.929 bits per heavy atom. The maximum Gasteiger partial charge on any atom is 0.254 e. The molecule has 0 saturated carbocycles. The van der Waals surface area contributed by atoms with Crippen molar-refractivity contribution < 1.29 is 14.3 Å². The first-order chi connectivity index (χ1) is 13.5. The highest BCUT2D eigenvalue weighted by Crippen LogP contribution is 2.24. The molecule has 2 aromatic rings. The zero-order valence-corrected chi connectivity index (χ0v) is 17.3. The summed E-state index contributed by atoms with van der Waals surface area (Å²) in [6.45, 7) is 8.54. The quantitative estimate of drug-likeness (QED) is 0.762. The fraction of sp³-hybridized carbons (Fsp3) is 0.435. The molecule has 0 bridgehead atoms. The van der Waals surface area contributed by atoms with E-state index in [1.807, 2.05) is 4.90 Å². The predicted octanol–water partition coefficient (Wildman–Crippen LogP) is 3.79. The SMILES string of the molecule is COc1cc(OC)cc(C(=O)N2CCN(Cc3ccc(C(C)C)cc3)CC2)c1. The lowest BCUT2D eigenvalue weighted by Crippen LogP contribution is -2.48. The van der Waals surface area contributed by atoms with Crippen molar-refractivity contribution in [2.75, 3.05) is 40.4 Å². The number of methoxy groups -OCH3 is 2. The molecule has 1 fully saturated rings. The molecule has 1 heterocycles. The number of hydrogen-bond acceptors (Lipinski definition) is 4. The van der Waals surface area contributed by atoms with Crippen molar-refractivity contribution in [2.45, 2.75) is 26.3 Å².